The molecule has 4 nitrogen and oxygen atoms in total. The van der Waals surface area contributed by atoms with E-state index in [0.717, 1.165) is 6.42 Å². The number of aliphatic hydroxyl groups is 1. The van der Waals surface area contributed by atoms with Crippen molar-refractivity contribution in [3.05, 3.63) is 22.3 Å². The molecule has 5 heteroatoms. The molecule has 1 heterocycles. The van der Waals surface area contributed by atoms with E-state index in [1.165, 1.54) is 0 Å². The average Bonchev–Trinajstić information content (AvgIpc) is 2.18. The maximum atomic E-state index is 11.3. The molecule has 1 aromatic rings. The molecule has 0 saturated carbocycles. The monoisotopic (exact) mass is 272 g/mol. The topological polar surface area (TPSA) is 62.2 Å². The lowest BCUT2D eigenvalue weighted by atomic mass is 10.2. The number of halogens is 1. The Hall–Kier alpha value is -0.940. The zero-order valence-electron chi connectivity index (χ0n) is 8.46. The minimum absolute atomic E-state index is 0.0854. The Bertz CT molecular complexity index is 355. The van der Waals surface area contributed by atoms with Gasteiger partial charge in [-0.25, -0.2) is 4.98 Å². The lowest BCUT2D eigenvalue weighted by molar-refractivity contribution is -0.116. The molecule has 0 unspecified atom stereocenters. The van der Waals surface area contributed by atoms with Crippen molar-refractivity contribution < 1.29 is 9.90 Å². The molecule has 1 aromatic heterocycles. The molecule has 0 aliphatic carbocycles. The molecule has 15 heavy (non-hydrogen) atoms. The van der Waals surface area contributed by atoms with Crippen LogP contribution in [0.2, 0.25) is 0 Å². The standard InChI is InChI=1S/C10H13BrN2O2/c1-2-3-9(15)13-10-7(6-14)4-5-8(11)12-10/h4-5,14H,2-3,6H2,1H3,(H,12,13,15). The van der Waals surface area contributed by atoms with Crippen LogP contribution in [0.3, 0.4) is 0 Å². The van der Waals surface area contributed by atoms with E-state index in [4.69, 9.17) is 5.11 Å². The quantitative estimate of drug-likeness (QED) is 0.825. The number of aliphatic hydroxyl groups excluding tert-OH is 1. The number of nitrogens with zero attached hydrogens (tertiary/aromatic N) is 1. The van der Waals surface area contributed by atoms with Crippen molar-refractivity contribution in [2.75, 3.05) is 5.32 Å². The van der Waals surface area contributed by atoms with Crippen LogP contribution in [0.15, 0.2) is 16.7 Å². The molecule has 0 bridgehead atoms. The smallest absolute Gasteiger partial charge is 0.225 e. The number of amides is 1. The molecule has 0 radical (unpaired) electrons. The molecule has 0 aliphatic heterocycles. The van der Waals surface area contributed by atoms with Gasteiger partial charge in [-0.15, -0.1) is 0 Å². The van der Waals surface area contributed by atoms with Gasteiger partial charge in [0.15, 0.2) is 0 Å². The number of carbonyl (C=O) groups excluding carboxylic acids is 1. The molecule has 1 amide bonds. The number of anilines is 1. The molecule has 82 valence electrons. The molecule has 0 spiro atoms. The van der Waals surface area contributed by atoms with Crippen LogP contribution in [0, 0.1) is 0 Å². The largest absolute Gasteiger partial charge is 0.392 e. The predicted molar refractivity (Wildman–Crippen MR) is 61.4 cm³/mol. The molecular weight excluding hydrogens is 260 g/mol. The van der Waals surface area contributed by atoms with Crippen LogP contribution in [-0.4, -0.2) is 16.0 Å². The van der Waals surface area contributed by atoms with Crippen molar-refractivity contribution in [2.24, 2.45) is 0 Å². The third-order valence-electron chi connectivity index (χ3n) is 1.85. The highest BCUT2D eigenvalue weighted by Gasteiger charge is 2.07. The summed E-state index contributed by atoms with van der Waals surface area (Å²) in [5, 5.41) is 11.7. The van der Waals surface area contributed by atoms with Crippen LogP contribution < -0.4 is 5.32 Å². The van der Waals surface area contributed by atoms with Gasteiger partial charge in [0.25, 0.3) is 0 Å². The van der Waals surface area contributed by atoms with Crippen molar-refractivity contribution in [3.8, 4) is 0 Å². The molecular formula is C10H13BrN2O2. The van der Waals surface area contributed by atoms with E-state index >= 15 is 0 Å². The predicted octanol–water partition coefficient (Wildman–Crippen LogP) is 2.08. The van der Waals surface area contributed by atoms with E-state index in [9.17, 15) is 4.79 Å². The normalized spacial score (nSPS) is 10.1. The summed E-state index contributed by atoms with van der Waals surface area (Å²) < 4.78 is 0.631. The number of carbonyl (C=O) groups is 1. The lowest BCUT2D eigenvalue weighted by Crippen LogP contribution is -2.13. The average molecular weight is 273 g/mol. The summed E-state index contributed by atoms with van der Waals surface area (Å²) in [6.45, 7) is 1.79. The van der Waals surface area contributed by atoms with E-state index < -0.39 is 0 Å². The first-order valence-electron chi connectivity index (χ1n) is 4.73. The van der Waals surface area contributed by atoms with Crippen LogP contribution in [-0.2, 0) is 11.4 Å². The van der Waals surface area contributed by atoms with E-state index in [1.807, 2.05) is 6.92 Å². The molecule has 0 aliphatic rings. The second-order valence-electron chi connectivity index (χ2n) is 3.10. The van der Waals surface area contributed by atoms with Crippen LogP contribution in [0.4, 0.5) is 5.82 Å². The molecule has 0 fully saturated rings. The van der Waals surface area contributed by atoms with Gasteiger partial charge < -0.3 is 10.4 Å². The van der Waals surface area contributed by atoms with Crippen molar-refractivity contribution in [1.29, 1.82) is 0 Å². The van der Waals surface area contributed by atoms with Crippen LogP contribution >= 0.6 is 15.9 Å². The van der Waals surface area contributed by atoms with E-state index in [2.05, 4.69) is 26.2 Å². The Kier molecular flexibility index (Phi) is 4.71. The molecule has 0 saturated heterocycles. The number of aromatic nitrogens is 1. The third-order valence-corrected chi connectivity index (χ3v) is 2.29. The summed E-state index contributed by atoms with van der Waals surface area (Å²) in [5.41, 5.74) is 0.614. The Morgan fingerprint density at radius 2 is 2.33 bits per heavy atom. The summed E-state index contributed by atoms with van der Waals surface area (Å²) in [6.07, 6.45) is 1.24. The van der Waals surface area contributed by atoms with Crippen molar-refractivity contribution in [3.63, 3.8) is 0 Å². The fraction of sp³-hybridized carbons (Fsp3) is 0.400. The SMILES string of the molecule is CCCC(=O)Nc1nc(Br)ccc1CO. The van der Waals surface area contributed by atoms with Gasteiger partial charge in [-0.3, -0.25) is 4.79 Å². The van der Waals surface area contributed by atoms with Crippen molar-refractivity contribution in [2.45, 2.75) is 26.4 Å². The van der Waals surface area contributed by atoms with Crippen LogP contribution in [0.25, 0.3) is 0 Å². The number of nitrogens with one attached hydrogen (secondary N) is 1. The van der Waals surface area contributed by atoms with Crippen molar-refractivity contribution >= 4 is 27.7 Å². The fourth-order valence-corrected chi connectivity index (χ4v) is 1.43. The maximum absolute atomic E-state index is 11.3. The number of pyridine rings is 1. The van der Waals surface area contributed by atoms with Gasteiger partial charge in [-0.05, 0) is 28.4 Å². The first kappa shape index (κ1) is 12.1. The second kappa shape index (κ2) is 5.82. The highest BCUT2D eigenvalue weighted by molar-refractivity contribution is 9.10. The summed E-state index contributed by atoms with van der Waals surface area (Å²) in [4.78, 5) is 15.4. The molecule has 0 aromatic carbocycles. The Morgan fingerprint density at radius 1 is 1.60 bits per heavy atom. The number of hydrogen-bond donors (Lipinski definition) is 2. The zero-order chi connectivity index (χ0) is 11.3. The first-order valence-corrected chi connectivity index (χ1v) is 5.52. The van der Waals surface area contributed by atoms with E-state index in [-0.39, 0.29) is 12.5 Å². The number of rotatable bonds is 4. The summed E-state index contributed by atoms with van der Waals surface area (Å²) in [7, 11) is 0. The molecule has 0 atom stereocenters. The Balaban J connectivity index is 2.82. The number of hydrogen-bond acceptors (Lipinski definition) is 3. The third kappa shape index (κ3) is 3.60. The minimum atomic E-state index is -0.137. The summed E-state index contributed by atoms with van der Waals surface area (Å²) in [6, 6.07) is 3.44. The van der Waals surface area contributed by atoms with Gasteiger partial charge in [-0.1, -0.05) is 13.0 Å². The second-order valence-corrected chi connectivity index (χ2v) is 3.91. The highest BCUT2D eigenvalue weighted by Crippen LogP contribution is 2.17. The van der Waals surface area contributed by atoms with E-state index in [0.29, 0.717) is 22.4 Å². The summed E-state index contributed by atoms with van der Waals surface area (Å²) in [5.74, 6) is 0.336. The maximum Gasteiger partial charge on any atom is 0.225 e. The van der Waals surface area contributed by atoms with E-state index in [1.54, 1.807) is 12.1 Å². The van der Waals surface area contributed by atoms with Crippen molar-refractivity contribution in [1.82, 2.24) is 4.98 Å². The minimum Gasteiger partial charge on any atom is -0.392 e. The van der Waals surface area contributed by atoms with Gasteiger partial charge in [-0.2, -0.15) is 0 Å². The van der Waals surface area contributed by atoms with Gasteiger partial charge in [0.05, 0.1) is 6.61 Å². The van der Waals surface area contributed by atoms with Crippen LogP contribution in [0.1, 0.15) is 25.3 Å². The van der Waals surface area contributed by atoms with Gasteiger partial charge in [0.1, 0.15) is 10.4 Å². The van der Waals surface area contributed by atoms with Crippen LogP contribution in [0.5, 0.6) is 0 Å². The first-order chi connectivity index (χ1) is 7.17. The van der Waals surface area contributed by atoms with Gasteiger partial charge in [0, 0.05) is 12.0 Å². The molecule has 2 N–H and O–H groups in total. The summed E-state index contributed by atoms with van der Waals surface area (Å²) >= 11 is 3.21. The highest BCUT2D eigenvalue weighted by atomic mass is 79.9. The van der Waals surface area contributed by atoms with Gasteiger partial charge in [0.2, 0.25) is 5.91 Å². The fourth-order valence-electron chi connectivity index (χ4n) is 1.12. The zero-order valence-corrected chi connectivity index (χ0v) is 10.0. The van der Waals surface area contributed by atoms with Gasteiger partial charge >= 0.3 is 0 Å². The molecule has 1 rings (SSSR count). The Morgan fingerprint density at radius 3 is 2.93 bits per heavy atom. The Labute approximate surface area is 96.8 Å². The lowest BCUT2D eigenvalue weighted by Gasteiger charge is -2.08.